The predicted molar refractivity (Wildman–Crippen MR) is 106 cm³/mol. The van der Waals surface area contributed by atoms with E-state index in [0.717, 1.165) is 68.3 Å². The summed E-state index contributed by atoms with van der Waals surface area (Å²) in [7, 11) is 1.96. The van der Waals surface area contributed by atoms with Gasteiger partial charge in [0, 0.05) is 50.6 Å². The number of benzene rings is 1. The van der Waals surface area contributed by atoms with Crippen LogP contribution in [0.4, 0.5) is 0 Å². The molecule has 0 unspecified atom stereocenters. The zero-order valence-electron chi connectivity index (χ0n) is 16.5. The predicted octanol–water partition coefficient (Wildman–Crippen LogP) is 3.54. The second-order valence-corrected chi connectivity index (χ2v) is 6.88. The summed E-state index contributed by atoms with van der Waals surface area (Å²) in [4.78, 5) is 0. The van der Waals surface area contributed by atoms with Crippen molar-refractivity contribution in [3.8, 4) is 22.8 Å². The van der Waals surface area contributed by atoms with Gasteiger partial charge in [-0.25, -0.2) is 0 Å². The smallest absolute Gasteiger partial charge is 0.161 e. The molecule has 2 heterocycles. The fourth-order valence-electron chi connectivity index (χ4n) is 3.09. The van der Waals surface area contributed by atoms with Gasteiger partial charge in [-0.2, -0.15) is 5.10 Å². The van der Waals surface area contributed by atoms with Crippen LogP contribution in [0.3, 0.4) is 0 Å². The Labute approximate surface area is 161 Å². The van der Waals surface area contributed by atoms with Crippen LogP contribution < -0.4 is 14.8 Å². The van der Waals surface area contributed by atoms with E-state index in [0.29, 0.717) is 13.2 Å². The molecule has 27 heavy (non-hydrogen) atoms. The van der Waals surface area contributed by atoms with E-state index in [1.54, 1.807) is 0 Å². The molecular weight excluding hydrogens is 342 g/mol. The van der Waals surface area contributed by atoms with Crippen LogP contribution >= 0.6 is 0 Å². The molecule has 1 N–H and O–H groups in total. The highest BCUT2D eigenvalue weighted by atomic mass is 16.5. The minimum atomic E-state index is 0.688. The Morgan fingerprint density at radius 1 is 1.15 bits per heavy atom. The molecule has 148 valence electrons. The molecule has 1 aliphatic heterocycles. The number of unbranched alkanes of at least 4 members (excludes halogenated alkanes) is 1. The van der Waals surface area contributed by atoms with E-state index in [1.165, 1.54) is 12.0 Å². The second-order valence-electron chi connectivity index (χ2n) is 6.88. The molecule has 0 amide bonds. The summed E-state index contributed by atoms with van der Waals surface area (Å²) in [6.45, 7) is 6.97. The van der Waals surface area contributed by atoms with Gasteiger partial charge >= 0.3 is 0 Å². The lowest BCUT2D eigenvalue weighted by atomic mass is 10.1. The zero-order chi connectivity index (χ0) is 18.9. The Hall–Kier alpha value is -2.05. The lowest BCUT2D eigenvalue weighted by Crippen LogP contribution is -2.16. The molecule has 0 spiro atoms. The normalized spacial score (nSPS) is 13.6. The average Bonchev–Trinajstić information content (AvgIpc) is 2.89. The van der Waals surface area contributed by atoms with Crippen LogP contribution in [0.1, 0.15) is 38.2 Å². The molecule has 6 heteroatoms. The fourth-order valence-corrected chi connectivity index (χ4v) is 3.09. The SMILES string of the molecule is CCCCOCCCNCc1cn(C)nc1-c1ccc2c(c1)OCCCO2. The number of hydrogen-bond donors (Lipinski definition) is 1. The molecule has 0 fully saturated rings. The summed E-state index contributed by atoms with van der Waals surface area (Å²) >= 11 is 0. The third kappa shape index (κ3) is 5.71. The number of nitrogens with zero attached hydrogens (tertiary/aromatic N) is 2. The Morgan fingerprint density at radius 2 is 1.96 bits per heavy atom. The molecule has 2 aromatic rings. The van der Waals surface area contributed by atoms with Gasteiger partial charge < -0.3 is 19.5 Å². The first-order valence-corrected chi connectivity index (χ1v) is 9.99. The molecule has 0 radical (unpaired) electrons. The summed E-state index contributed by atoms with van der Waals surface area (Å²) in [5.41, 5.74) is 3.22. The summed E-state index contributed by atoms with van der Waals surface area (Å²) in [6.07, 6.45) is 6.32. The number of ether oxygens (including phenoxy) is 3. The topological polar surface area (TPSA) is 57.5 Å². The Kier molecular flexibility index (Phi) is 7.54. The number of nitrogens with one attached hydrogen (secondary N) is 1. The van der Waals surface area contributed by atoms with Gasteiger partial charge in [0.05, 0.1) is 18.9 Å². The number of rotatable bonds is 10. The molecule has 1 aromatic heterocycles. The van der Waals surface area contributed by atoms with E-state index < -0.39 is 0 Å². The maximum Gasteiger partial charge on any atom is 0.161 e. The highest BCUT2D eigenvalue weighted by molar-refractivity contribution is 5.66. The van der Waals surface area contributed by atoms with E-state index >= 15 is 0 Å². The molecular formula is C21H31N3O3. The van der Waals surface area contributed by atoms with Gasteiger partial charge in [0.15, 0.2) is 11.5 Å². The third-order valence-electron chi connectivity index (χ3n) is 4.53. The fraction of sp³-hybridized carbons (Fsp3) is 0.571. The molecule has 6 nitrogen and oxygen atoms in total. The highest BCUT2D eigenvalue weighted by Crippen LogP contribution is 2.34. The second kappa shape index (κ2) is 10.3. The molecule has 1 aromatic carbocycles. The van der Waals surface area contributed by atoms with Crippen molar-refractivity contribution >= 4 is 0 Å². The Morgan fingerprint density at radius 3 is 2.81 bits per heavy atom. The van der Waals surface area contributed by atoms with E-state index in [1.807, 2.05) is 23.9 Å². The number of aryl methyl sites for hydroxylation is 1. The largest absolute Gasteiger partial charge is 0.490 e. The van der Waals surface area contributed by atoms with Crippen LogP contribution in [-0.4, -0.2) is 42.8 Å². The van der Waals surface area contributed by atoms with Crippen molar-refractivity contribution in [2.45, 2.75) is 39.2 Å². The molecule has 0 saturated carbocycles. The van der Waals surface area contributed by atoms with E-state index in [-0.39, 0.29) is 0 Å². The molecule has 0 saturated heterocycles. The molecule has 0 atom stereocenters. The number of hydrogen-bond acceptors (Lipinski definition) is 5. The van der Waals surface area contributed by atoms with Crippen LogP contribution in [-0.2, 0) is 18.3 Å². The third-order valence-corrected chi connectivity index (χ3v) is 4.53. The van der Waals surface area contributed by atoms with Crippen molar-refractivity contribution in [1.29, 1.82) is 0 Å². The molecule has 0 bridgehead atoms. The van der Waals surface area contributed by atoms with Crippen LogP contribution in [0.5, 0.6) is 11.5 Å². The van der Waals surface area contributed by atoms with Crippen LogP contribution in [0.15, 0.2) is 24.4 Å². The summed E-state index contributed by atoms with van der Waals surface area (Å²) in [5.74, 6) is 1.62. The standard InChI is InChI=1S/C21H31N3O3/c1-3-4-10-25-11-5-9-22-15-18-16-24(2)23-21(18)17-7-8-19-20(14-17)27-13-6-12-26-19/h7-8,14,16,22H,3-6,9-13,15H2,1-2H3. The van der Waals surface area contributed by atoms with Gasteiger partial charge in [-0.3, -0.25) is 4.68 Å². The zero-order valence-corrected chi connectivity index (χ0v) is 16.5. The van der Waals surface area contributed by atoms with Crippen LogP contribution in [0.25, 0.3) is 11.3 Å². The molecule has 3 rings (SSSR count). The maximum absolute atomic E-state index is 5.82. The van der Waals surface area contributed by atoms with Gasteiger partial charge in [-0.05, 0) is 37.6 Å². The lowest BCUT2D eigenvalue weighted by molar-refractivity contribution is 0.129. The minimum absolute atomic E-state index is 0.688. The van der Waals surface area contributed by atoms with E-state index in [2.05, 4.69) is 29.6 Å². The minimum Gasteiger partial charge on any atom is -0.490 e. The summed E-state index contributed by atoms with van der Waals surface area (Å²) in [5, 5.41) is 8.16. The summed E-state index contributed by atoms with van der Waals surface area (Å²) < 4.78 is 19.0. The quantitative estimate of drug-likeness (QED) is 0.646. The van der Waals surface area contributed by atoms with Gasteiger partial charge in [0.2, 0.25) is 0 Å². The first-order valence-electron chi connectivity index (χ1n) is 9.99. The Balaban J connectivity index is 1.57. The van der Waals surface area contributed by atoms with Crippen molar-refractivity contribution in [3.05, 3.63) is 30.0 Å². The van der Waals surface area contributed by atoms with Gasteiger partial charge in [-0.1, -0.05) is 13.3 Å². The lowest BCUT2D eigenvalue weighted by Gasteiger charge is -2.10. The maximum atomic E-state index is 5.82. The molecule has 1 aliphatic rings. The summed E-state index contributed by atoms with van der Waals surface area (Å²) in [6, 6.07) is 6.07. The number of fused-ring (bicyclic) bond motifs is 1. The van der Waals surface area contributed by atoms with Crippen molar-refractivity contribution in [2.24, 2.45) is 7.05 Å². The first-order chi connectivity index (χ1) is 13.3. The van der Waals surface area contributed by atoms with Crippen molar-refractivity contribution in [3.63, 3.8) is 0 Å². The van der Waals surface area contributed by atoms with E-state index in [9.17, 15) is 0 Å². The van der Waals surface area contributed by atoms with Crippen LogP contribution in [0.2, 0.25) is 0 Å². The highest BCUT2D eigenvalue weighted by Gasteiger charge is 2.15. The van der Waals surface area contributed by atoms with Gasteiger partial charge in [0.25, 0.3) is 0 Å². The van der Waals surface area contributed by atoms with Crippen molar-refractivity contribution in [1.82, 2.24) is 15.1 Å². The number of aromatic nitrogens is 2. The van der Waals surface area contributed by atoms with Gasteiger partial charge in [0.1, 0.15) is 0 Å². The average molecular weight is 373 g/mol. The van der Waals surface area contributed by atoms with Crippen LogP contribution in [0, 0.1) is 0 Å². The first kappa shape index (κ1) is 19.7. The van der Waals surface area contributed by atoms with Crippen molar-refractivity contribution in [2.75, 3.05) is 33.0 Å². The van der Waals surface area contributed by atoms with E-state index in [4.69, 9.17) is 14.2 Å². The molecule has 0 aliphatic carbocycles. The monoisotopic (exact) mass is 373 g/mol. The van der Waals surface area contributed by atoms with Gasteiger partial charge in [-0.15, -0.1) is 0 Å². The Bertz CT molecular complexity index is 715. The van der Waals surface area contributed by atoms with Crippen molar-refractivity contribution < 1.29 is 14.2 Å².